The standard InChI is InChI=1S/C17H19N3O4/c1-11-7-17(22)20-15(19-11)9-16(21)18-10-12-3-4-13-14(8-12)24-6-2-5-23-13/h3-4,7-8H,2,5-6,9-10H2,1H3,(H,18,21)(H,19,20,22). The lowest BCUT2D eigenvalue weighted by Gasteiger charge is -2.10. The lowest BCUT2D eigenvalue weighted by molar-refractivity contribution is -0.120. The molecule has 0 atom stereocenters. The zero-order chi connectivity index (χ0) is 16.9. The highest BCUT2D eigenvalue weighted by atomic mass is 16.5. The summed E-state index contributed by atoms with van der Waals surface area (Å²) in [5.41, 5.74) is 1.25. The number of fused-ring (bicyclic) bond motifs is 1. The number of carbonyl (C=O) groups is 1. The number of nitrogens with one attached hydrogen (secondary N) is 2. The van der Waals surface area contributed by atoms with Crippen LogP contribution in [-0.4, -0.2) is 29.1 Å². The smallest absolute Gasteiger partial charge is 0.251 e. The van der Waals surface area contributed by atoms with Crippen LogP contribution in [0.2, 0.25) is 0 Å². The van der Waals surface area contributed by atoms with Gasteiger partial charge in [-0.05, 0) is 24.6 Å². The molecule has 0 bridgehead atoms. The average Bonchev–Trinajstić information content (AvgIpc) is 2.76. The lowest BCUT2D eigenvalue weighted by Crippen LogP contribution is -2.26. The zero-order valence-electron chi connectivity index (χ0n) is 13.4. The minimum atomic E-state index is -0.256. The van der Waals surface area contributed by atoms with Gasteiger partial charge in [0.25, 0.3) is 5.56 Å². The number of hydrogen-bond acceptors (Lipinski definition) is 5. The van der Waals surface area contributed by atoms with Gasteiger partial charge in [-0.3, -0.25) is 9.59 Å². The van der Waals surface area contributed by atoms with E-state index in [0.717, 1.165) is 17.7 Å². The van der Waals surface area contributed by atoms with Gasteiger partial charge in [-0.15, -0.1) is 0 Å². The van der Waals surface area contributed by atoms with Gasteiger partial charge in [0.05, 0.1) is 19.6 Å². The summed E-state index contributed by atoms with van der Waals surface area (Å²) >= 11 is 0. The summed E-state index contributed by atoms with van der Waals surface area (Å²) in [7, 11) is 0. The highest BCUT2D eigenvalue weighted by molar-refractivity contribution is 5.77. The Bertz CT molecular complexity index is 801. The van der Waals surface area contributed by atoms with E-state index >= 15 is 0 Å². The third-order valence-corrected chi connectivity index (χ3v) is 3.55. The van der Waals surface area contributed by atoms with E-state index in [-0.39, 0.29) is 17.9 Å². The van der Waals surface area contributed by atoms with Crippen LogP contribution in [0.3, 0.4) is 0 Å². The van der Waals surface area contributed by atoms with E-state index in [4.69, 9.17) is 9.47 Å². The van der Waals surface area contributed by atoms with Gasteiger partial charge in [-0.25, -0.2) is 4.98 Å². The van der Waals surface area contributed by atoms with Crippen molar-refractivity contribution in [3.63, 3.8) is 0 Å². The molecule has 0 spiro atoms. The number of nitrogens with zero attached hydrogens (tertiary/aromatic N) is 1. The third kappa shape index (κ3) is 4.13. The van der Waals surface area contributed by atoms with Crippen molar-refractivity contribution in [1.29, 1.82) is 0 Å². The van der Waals surface area contributed by atoms with Crippen molar-refractivity contribution in [2.75, 3.05) is 13.2 Å². The fourth-order valence-electron chi connectivity index (χ4n) is 2.46. The normalized spacial score (nSPS) is 13.2. The summed E-state index contributed by atoms with van der Waals surface area (Å²) in [5.74, 6) is 1.57. The Labute approximate surface area is 139 Å². The first-order valence-electron chi connectivity index (χ1n) is 7.82. The fraction of sp³-hybridized carbons (Fsp3) is 0.353. The molecule has 1 aliphatic rings. The van der Waals surface area contributed by atoms with Crippen LogP contribution in [0.5, 0.6) is 11.5 Å². The van der Waals surface area contributed by atoms with Crippen molar-refractivity contribution in [3.8, 4) is 11.5 Å². The SMILES string of the molecule is Cc1cc(=O)[nH]c(CC(=O)NCc2ccc3c(c2)OCCCO3)n1. The second-order valence-corrected chi connectivity index (χ2v) is 5.62. The number of benzene rings is 1. The molecule has 7 heteroatoms. The van der Waals surface area contributed by atoms with Crippen LogP contribution in [0.4, 0.5) is 0 Å². The van der Waals surface area contributed by atoms with Crippen LogP contribution >= 0.6 is 0 Å². The van der Waals surface area contributed by atoms with Crippen LogP contribution in [-0.2, 0) is 17.8 Å². The Morgan fingerprint density at radius 2 is 2.04 bits per heavy atom. The van der Waals surface area contributed by atoms with Crippen molar-refractivity contribution in [3.05, 3.63) is 51.7 Å². The fourth-order valence-corrected chi connectivity index (χ4v) is 2.46. The first-order valence-corrected chi connectivity index (χ1v) is 7.82. The number of rotatable bonds is 4. The quantitative estimate of drug-likeness (QED) is 0.876. The van der Waals surface area contributed by atoms with Gasteiger partial charge in [0, 0.05) is 24.7 Å². The highest BCUT2D eigenvalue weighted by Crippen LogP contribution is 2.30. The van der Waals surface area contributed by atoms with Gasteiger partial charge < -0.3 is 19.8 Å². The van der Waals surface area contributed by atoms with Crippen LogP contribution in [0, 0.1) is 6.92 Å². The van der Waals surface area contributed by atoms with Crippen LogP contribution in [0.15, 0.2) is 29.1 Å². The number of H-pyrrole nitrogens is 1. The minimum Gasteiger partial charge on any atom is -0.490 e. The Balaban J connectivity index is 1.60. The largest absolute Gasteiger partial charge is 0.490 e. The Hall–Kier alpha value is -2.83. The van der Waals surface area contributed by atoms with Gasteiger partial charge >= 0.3 is 0 Å². The molecule has 0 unspecified atom stereocenters. The monoisotopic (exact) mass is 329 g/mol. The summed E-state index contributed by atoms with van der Waals surface area (Å²) in [6.07, 6.45) is 0.879. The van der Waals surface area contributed by atoms with Crippen LogP contribution in [0.1, 0.15) is 23.5 Å². The van der Waals surface area contributed by atoms with Crippen molar-refractivity contribution in [2.24, 2.45) is 0 Å². The maximum atomic E-state index is 12.0. The molecule has 2 aromatic rings. The summed E-state index contributed by atoms with van der Waals surface area (Å²) in [6.45, 7) is 3.35. The summed E-state index contributed by atoms with van der Waals surface area (Å²) in [5, 5.41) is 2.81. The maximum Gasteiger partial charge on any atom is 0.251 e. The number of carbonyl (C=O) groups excluding carboxylic acids is 1. The number of hydrogen-bond donors (Lipinski definition) is 2. The molecule has 2 N–H and O–H groups in total. The van der Waals surface area contributed by atoms with E-state index < -0.39 is 0 Å². The van der Waals surface area contributed by atoms with Crippen molar-refractivity contribution < 1.29 is 14.3 Å². The second kappa shape index (κ2) is 7.16. The summed E-state index contributed by atoms with van der Waals surface area (Å²) < 4.78 is 11.2. The first-order chi connectivity index (χ1) is 11.6. The predicted molar refractivity (Wildman–Crippen MR) is 87.2 cm³/mol. The number of amides is 1. The van der Waals surface area contributed by atoms with Gasteiger partial charge in [0.2, 0.25) is 5.91 Å². The Morgan fingerprint density at radius 1 is 1.25 bits per heavy atom. The van der Waals surface area contributed by atoms with Gasteiger partial charge in [-0.2, -0.15) is 0 Å². The maximum absolute atomic E-state index is 12.0. The summed E-state index contributed by atoms with van der Waals surface area (Å²) in [6, 6.07) is 7.00. The van der Waals surface area contributed by atoms with E-state index in [9.17, 15) is 9.59 Å². The van der Waals surface area contributed by atoms with Crippen molar-refractivity contribution >= 4 is 5.91 Å². The number of ether oxygens (including phenoxy) is 2. The predicted octanol–water partition coefficient (Wildman–Crippen LogP) is 1.10. The Kier molecular flexibility index (Phi) is 4.79. The topological polar surface area (TPSA) is 93.3 Å². The summed E-state index contributed by atoms with van der Waals surface area (Å²) in [4.78, 5) is 30.1. The van der Waals surface area contributed by atoms with Crippen molar-refractivity contribution in [2.45, 2.75) is 26.3 Å². The van der Waals surface area contributed by atoms with Crippen LogP contribution < -0.4 is 20.3 Å². The van der Waals surface area contributed by atoms with Gasteiger partial charge in [0.15, 0.2) is 11.5 Å². The first kappa shape index (κ1) is 16.0. The molecule has 7 nitrogen and oxygen atoms in total. The van der Waals surface area contributed by atoms with Crippen LogP contribution in [0.25, 0.3) is 0 Å². The molecule has 126 valence electrons. The number of aryl methyl sites for hydroxylation is 1. The molecule has 0 aliphatic carbocycles. The van der Waals surface area contributed by atoms with Gasteiger partial charge in [0.1, 0.15) is 5.82 Å². The molecular formula is C17H19N3O4. The van der Waals surface area contributed by atoms with E-state index in [1.807, 2.05) is 18.2 Å². The molecule has 24 heavy (non-hydrogen) atoms. The average molecular weight is 329 g/mol. The number of aromatic amines is 1. The minimum absolute atomic E-state index is 0.0292. The molecule has 1 aromatic carbocycles. The number of aromatic nitrogens is 2. The lowest BCUT2D eigenvalue weighted by atomic mass is 10.2. The molecule has 2 heterocycles. The molecule has 0 saturated heterocycles. The van der Waals surface area contributed by atoms with E-state index in [1.54, 1.807) is 6.92 Å². The Morgan fingerprint density at radius 3 is 2.83 bits per heavy atom. The zero-order valence-corrected chi connectivity index (χ0v) is 13.4. The molecule has 1 aromatic heterocycles. The van der Waals surface area contributed by atoms with E-state index in [2.05, 4.69) is 15.3 Å². The molecule has 0 radical (unpaired) electrons. The van der Waals surface area contributed by atoms with E-state index in [0.29, 0.717) is 37.0 Å². The third-order valence-electron chi connectivity index (χ3n) is 3.55. The van der Waals surface area contributed by atoms with E-state index in [1.165, 1.54) is 6.07 Å². The molecule has 1 amide bonds. The molecular weight excluding hydrogens is 310 g/mol. The molecule has 0 saturated carbocycles. The second-order valence-electron chi connectivity index (χ2n) is 5.62. The van der Waals surface area contributed by atoms with Gasteiger partial charge in [-0.1, -0.05) is 6.07 Å². The molecule has 0 fully saturated rings. The highest BCUT2D eigenvalue weighted by Gasteiger charge is 2.11. The molecule has 1 aliphatic heterocycles. The molecule has 3 rings (SSSR count). The van der Waals surface area contributed by atoms with Crippen molar-refractivity contribution in [1.82, 2.24) is 15.3 Å².